The molecule has 2 aliphatic heterocycles. The normalized spacial score (nSPS) is 27.4. The van der Waals surface area contributed by atoms with Crippen LogP contribution < -0.4 is 5.73 Å². The number of amides is 2. The van der Waals surface area contributed by atoms with Crippen LogP contribution in [0, 0.1) is 11.8 Å². The number of hydrogen-bond acceptors (Lipinski definition) is 3. The monoisotopic (exact) mass is 342 g/mol. The summed E-state index contributed by atoms with van der Waals surface area (Å²) in [5, 5.41) is 0. The molecule has 0 bridgehead atoms. The first-order valence-electron chi connectivity index (χ1n) is 9.42. The molecule has 2 fully saturated rings. The zero-order chi connectivity index (χ0) is 17.4. The maximum Gasteiger partial charge on any atom is 0.246 e. The summed E-state index contributed by atoms with van der Waals surface area (Å²) in [4.78, 5) is 26.2. The van der Waals surface area contributed by atoms with E-state index in [0.29, 0.717) is 11.8 Å². The van der Waals surface area contributed by atoms with Crippen molar-refractivity contribution in [3.05, 3.63) is 35.4 Å². The van der Waals surface area contributed by atoms with E-state index in [2.05, 4.69) is 24.3 Å². The number of nitrogens with two attached hydrogens (primary N) is 1. The van der Waals surface area contributed by atoms with Crippen LogP contribution in [0.1, 0.15) is 36.8 Å². The minimum absolute atomic E-state index is 0.107. The molecular weight excluding hydrogens is 316 g/mol. The molecule has 0 radical (unpaired) electrons. The van der Waals surface area contributed by atoms with E-state index >= 15 is 0 Å². The highest BCUT2D eigenvalue weighted by atomic mass is 16.5. The molecule has 3 aliphatic rings. The molecule has 4 rings (SSSR count). The first-order chi connectivity index (χ1) is 12.1. The molecule has 25 heavy (non-hydrogen) atoms. The third kappa shape index (κ3) is 3.30. The number of ether oxygens (including phenoxy) is 1. The van der Waals surface area contributed by atoms with Crippen molar-refractivity contribution in [2.75, 3.05) is 13.1 Å². The second-order valence-corrected chi connectivity index (χ2v) is 7.68. The number of nitrogens with zero attached hydrogens (tertiary/aromatic N) is 1. The molecule has 1 aromatic carbocycles. The largest absolute Gasteiger partial charge is 0.367 e. The van der Waals surface area contributed by atoms with Crippen molar-refractivity contribution in [3.63, 3.8) is 0 Å². The summed E-state index contributed by atoms with van der Waals surface area (Å²) in [5.74, 6) is 0.498. The lowest BCUT2D eigenvalue weighted by atomic mass is 9.89. The first-order valence-corrected chi connectivity index (χ1v) is 9.42. The van der Waals surface area contributed by atoms with E-state index in [1.165, 1.54) is 11.1 Å². The van der Waals surface area contributed by atoms with E-state index < -0.39 is 6.10 Å². The number of primary amides is 1. The fourth-order valence-corrected chi connectivity index (χ4v) is 4.70. The van der Waals surface area contributed by atoms with Crippen LogP contribution in [0.5, 0.6) is 0 Å². The predicted molar refractivity (Wildman–Crippen MR) is 93.7 cm³/mol. The molecule has 1 aromatic rings. The Morgan fingerprint density at radius 1 is 1.00 bits per heavy atom. The van der Waals surface area contributed by atoms with E-state index in [1.807, 2.05) is 4.90 Å². The molecule has 0 saturated carbocycles. The Labute approximate surface area is 148 Å². The smallest absolute Gasteiger partial charge is 0.246 e. The summed E-state index contributed by atoms with van der Waals surface area (Å²) in [6.45, 7) is 1.61. The van der Waals surface area contributed by atoms with Gasteiger partial charge in [-0.15, -0.1) is 0 Å². The van der Waals surface area contributed by atoms with Crippen LogP contribution in [0.4, 0.5) is 0 Å². The fourth-order valence-electron chi connectivity index (χ4n) is 4.70. The zero-order valence-corrected chi connectivity index (χ0v) is 14.5. The van der Waals surface area contributed by atoms with Gasteiger partial charge < -0.3 is 15.4 Å². The van der Waals surface area contributed by atoms with Gasteiger partial charge in [0.2, 0.25) is 11.8 Å². The SMILES string of the molecule is NC(=O)[C@H]1CC[C@@H](C2CCN(C(=O)C3Cc4ccccc4C3)CC2)O1. The van der Waals surface area contributed by atoms with Gasteiger partial charge >= 0.3 is 0 Å². The van der Waals surface area contributed by atoms with Crippen molar-refractivity contribution in [3.8, 4) is 0 Å². The highest BCUT2D eigenvalue weighted by Gasteiger charge is 2.38. The van der Waals surface area contributed by atoms with E-state index in [1.54, 1.807) is 0 Å². The van der Waals surface area contributed by atoms with Gasteiger partial charge in [-0.3, -0.25) is 9.59 Å². The van der Waals surface area contributed by atoms with Gasteiger partial charge in [0.1, 0.15) is 6.10 Å². The lowest BCUT2D eigenvalue weighted by Crippen LogP contribution is -2.44. The highest BCUT2D eigenvalue weighted by molar-refractivity contribution is 5.80. The number of fused-ring (bicyclic) bond motifs is 1. The molecule has 0 aromatic heterocycles. The Bertz CT molecular complexity index is 642. The highest BCUT2D eigenvalue weighted by Crippen LogP contribution is 2.33. The molecule has 5 heteroatoms. The molecule has 0 unspecified atom stereocenters. The number of piperidine rings is 1. The summed E-state index contributed by atoms with van der Waals surface area (Å²) >= 11 is 0. The standard InChI is InChI=1S/C20H26N2O3/c21-19(23)18-6-5-17(25-18)13-7-9-22(10-8-13)20(24)16-11-14-3-1-2-4-15(14)12-16/h1-4,13,16-18H,5-12H2,(H2,21,23)/t17-,18+/m0/s1. The Balaban J connectivity index is 1.29. The molecular formula is C20H26N2O3. The Morgan fingerprint density at radius 3 is 2.20 bits per heavy atom. The van der Waals surface area contributed by atoms with Gasteiger partial charge in [-0.1, -0.05) is 24.3 Å². The average Bonchev–Trinajstić information content (AvgIpc) is 3.28. The molecule has 2 amide bonds. The molecule has 1 aliphatic carbocycles. The molecule has 2 saturated heterocycles. The van der Waals surface area contributed by atoms with Crippen LogP contribution in [0.15, 0.2) is 24.3 Å². The van der Waals surface area contributed by atoms with E-state index in [-0.39, 0.29) is 17.9 Å². The topological polar surface area (TPSA) is 72.6 Å². The lowest BCUT2D eigenvalue weighted by Gasteiger charge is -2.35. The molecule has 2 heterocycles. The molecule has 5 nitrogen and oxygen atoms in total. The summed E-state index contributed by atoms with van der Waals surface area (Å²) in [6, 6.07) is 8.39. The van der Waals surface area contributed by atoms with Gasteiger partial charge in [0.15, 0.2) is 0 Å². The zero-order valence-electron chi connectivity index (χ0n) is 14.5. The van der Waals surface area contributed by atoms with Crippen molar-refractivity contribution >= 4 is 11.8 Å². The van der Waals surface area contributed by atoms with Crippen LogP contribution >= 0.6 is 0 Å². The third-order valence-corrected chi connectivity index (χ3v) is 6.15. The minimum atomic E-state index is -0.415. The van der Waals surface area contributed by atoms with Crippen molar-refractivity contribution < 1.29 is 14.3 Å². The quantitative estimate of drug-likeness (QED) is 0.908. The van der Waals surface area contributed by atoms with Gasteiger partial charge in [-0.25, -0.2) is 0 Å². The van der Waals surface area contributed by atoms with Gasteiger partial charge in [0.05, 0.1) is 6.10 Å². The summed E-state index contributed by atoms with van der Waals surface area (Å²) < 4.78 is 5.82. The summed E-state index contributed by atoms with van der Waals surface area (Å²) in [6.07, 6.45) is 5.03. The Hall–Kier alpha value is -1.88. The van der Waals surface area contributed by atoms with Crippen molar-refractivity contribution in [2.45, 2.75) is 50.7 Å². The number of benzene rings is 1. The second-order valence-electron chi connectivity index (χ2n) is 7.68. The number of hydrogen-bond donors (Lipinski definition) is 1. The Morgan fingerprint density at radius 2 is 1.64 bits per heavy atom. The molecule has 2 N–H and O–H groups in total. The number of rotatable bonds is 3. The second kappa shape index (κ2) is 6.79. The first kappa shape index (κ1) is 16.6. The maximum absolute atomic E-state index is 12.9. The van der Waals surface area contributed by atoms with Gasteiger partial charge in [0.25, 0.3) is 0 Å². The van der Waals surface area contributed by atoms with Crippen molar-refractivity contribution in [1.29, 1.82) is 0 Å². The number of likely N-dealkylation sites (tertiary alicyclic amines) is 1. The minimum Gasteiger partial charge on any atom is -0.367 e. The van der Waals surface area contributed by atoms with E-state index in [0.717, 1.165) is 51.6 Å². The van der Waals surface area contributed by atoms with Crippen LogP contribution in [0.25, 0.3) is 0 Å². The lowest BCUT2D eigenvalue weighted by molar-refractivity contribution is -0.137. The molecule has 0 spiro atoms. The maximum atomic E-state index is 12.9. The van der Waals surface area contributed by atoms with Gasteiger partial charge in [-0.05, 0) is 55.6 Å². The van der Waals surface area contributed by atoms with Crippen LogP contribution in [0.3, 0.4) is 0 Å². The Kier molecular flexibility index (Phi) is 4.50. The fraction of sp³-hybridized carbons (Fsp3) is 0.600. The molecule has 2 atom stereocenters. The van der Waals surface area contributed by atoms with Gasteiger partial charge in [0, 0.05) is 19.0 Å². The van der Waals surface area contributed by atoms with E-state index in [4.69, 9.17) is 10.5 Å². The van der Waals surface area contributed by atoms with Crippen LogP contribution in [0.2, 0.25) is 0 Å². The average molecular weight is 342 g/mol. The molecule has 134 valence electrons. The third-order valence-electron chi connectivity index (χ3n) is 6.15. The van der Waals surface area contributed by atoms with E-state index in [9.17, 15) is 9.59 Å². The predicted octanol–water partition coefficient (Wildman–Crippen LogP) is 1.67. The van der Waals surface area contributed by atoms with Crippen molar-refractivity contribution in [1.82, 2.24) is 4.90 Å². The summed E-state index contributed by atoms with van der Waals surface area (Å²) in [5.41, 5.74) is 7.99. The number of carbonyl (C=O) groups is 2. The van der Waals surface area contributed by atoms with Gasteiger partial charge in [-0.2, -0.15) is 0 Å². The van der Waals surface area contributed by atoms with Crippen LogP contribution in [-0.4, -0.2) is 42.0 Å². The number of carbonyl (C=O) groups excluding carboxylic acids is 2. The van der Waals surface area contributed by atoms with Crippen molar-refractivity contribution in [2.24, 2.45) is 17.6 Å². The van der Waals surface area contributed by atoms with Crippen LogP contribution in [-0.2, 0) is 27.2 Å². The summed E-state index contributed by atoms with van der Waals surface area (Å²) in [7, 11) is 0.